The summed E-state index contributed by atoms with van der Waals surface area (Å²) in [6, 6.07) is 19.4. The van der Waals surface area contributed by atoms with E-state index in [2.05, 4.69) is 21.2 Å². The first kappa shape index (κ1) is 29.2. The quantitative estimate of drug-likeness (QED) is 0.212. The molecule has 0 aliphatic heterocycles. The third-order valence-corrected chi connectivity index (χ3v) is 6.93. The van der Waals surface area contributed by atoms with Gasteiger partial charge < -0.3 is 14.8 Å². The van der Waals surface area contributed by atoms with Gasteiger partial charge >= 0.3 is 5.97 Å². The first-order chi connectivity index (χ1) is 19.0. The summed E-state index contributed by atoms with van der Waals surface area (Å²) in [6.45, 7) is 7.27. The Bertz CT molecular complexity index is 1550. The predicted octanol–water partition coefficient (Wildman–Crippen LogP) is 7.37. The Morgan fingerprint density at radius 1 is 1.05 bits per heavy atom. The molecule has 4 rings (SSSR count). The van der Waals surface area contributed by atoms with Crippen molar-refractivity contribution in [3.8, 4) is 17.0 Å². The average molecular weight is 608 g/mol. The van der Waals surface area contributed by atoms with Crippen LogP contribution in [0.1, 0.15) is 54.6 Å². The Balaban J connectivity index is 1.73. The lowest BCUT2D eigenvalue weighted by molar-refractivity contribution is -0.155. The van der Waals surface area contributed by atoms with Gasteiger partial charge in [-0.2, -0.15) is 0 Å². The van der Waals surface area contributed by atoms with Crippen molar-refractivity contribution in [2.75, 3.05) is 13.7 Å². The van der Waals surface area contributed by atoms with Gasteiger partial charge in [0.2, 0.25) is 0 Å². The topological polar surface area (TPSA) is 77.5 Å². The van der Waals surface area contributed by atoms with Crippen molar-refractivity contribution < 1.29 is 23.5 Å². The second-order valence-electron chi connectivity index (χ2n) is 10.6. The van der Waals surface area contributed by atoms with Crippen LogP contribution in [0.4, 0.5) is 4.39 Å². The summed E-state index contributed by atoms with van der Waals surface area (Å²) in [5.41, 5.74) is 3.26. The highest BCUT2D eigenvalue weighted by molar-refractivity contribution is 9.10. The zero-order valence-corrected chi connectivity index (χ0v) is 24.8. The molecule has 6 nitrogen and oxygen atoms in total. The lowest BCUT2D eigenvalue weighted by atomic mass is 9.93. The SMILES string of the molecule is COc1ccc(F)cc1C(CNC(=O)c1c(C)c(-c2ccccc2)nc2ccc(Br)cc12)CC(=O)OC(C)(C)C. The highest BCUT2D eigenvalue weighted by Gasteiger charge is 2.26. The molecule has 3 aromatic carbocycles. The number of carbonyl (C=O) groups is 2. The first-order valence-corrected chi connectivity index (χ1v) is 13.7. The lowest BCUT2D eigenvalue weighted by Gasteiger charge is -2.24. The van der Waals surface area contributed by atoms with Gasteiger partial charge in [0.15, 0.2) is 0 Å². The molecule has 1 atom stereocenters. The van der Waals surface area contributed by atoms with Crippen molar-refractivity contribution in [2.45, 2.75) is 45.6 Å². The van der Waals surface area contributed by atoms with Gasteiger partial charge in [-0.25, -0.2) is 9.37 Å². The summed E-state index contributed by atoms with van der Waals surface area (Å²) in [5.74, 6) is -1.43. The van der Waals surface area contributed by atoms with E-state index in [1.807, 2.05) is 55.5 Å². The molecule has 208 valence electrons. The number of benzene rings is 3. The van der Waals surface area contributed by atoms with Crippen LogP contribution in [0, 0.1) is 12.7 Å². The third-order valence-electron chi connectivity index (χ3n) is 6.44. The van der Waals surface area contributed by atoms with Crippen LogP contribution in [-0.4, -0.2) is 36.1 Å². The largest absolute Gasteiger partial charge is 0.496 e. The van der Waals surface area contributed by atoms with Gasteiger partial charge in [0.05, 0.1) is 30.3 Å². The average Bonchev–Trinajstić information content (AvgIpc) is 2.90. The Labute approximate surface area is 242 Å². The van der Waals surface area contributed by atoms with Crippen molar-refractivity contribution in [3.63, 3.8) is 0 Å². The minimum absolute atomic E-state index is 0.0514. The number of fused-ring (bicyclic) bond motifs is 1. The molecule has 40 heavy (non-hydrogen) atoms. The summed E-state index contributed by atoms with van der Waals surface area (Å²) in [4.78, 5) is 31.6. The van der Waals surface area contributed by atoms with Gasteiger partial charge in [-0.1, -0.05) is 46.3 Å². The second-order valence-corrected chi connectivity index (χ2v) is 11.5. The van der Waals surface area contributed by atoms with Gasteiger partial charge in [-0.15, -0.1) is 0 Å². The monoisotopic (exact) mass is 606 g/mol. The van der Waals surface area contributed by atoms with Crippen LogP contribution < -0.4 is 10.1 Å². The number of carbonyl (C=O) groups excluding carboxylic acids is 2. The van der Waals surface area contributed by atoms with E-state index in [1.165, 1.54) is 25.3 Å². The van der Waals surface area contributed by atoms with Crippen molar-refractivity contribution >= 4 is 38.7 Å². The van der Waals surface area contributed by atoms with Crippen molar-refractivity contribution in [3.05, 3.63) is 93.7 Å². The molecule has 0 aliphatic carbocycles. The zero-order valence-electron chi connectivity index (χ0n) is 23.2. The maximum atomic E-state index is 14.3. The number of amides is 1. The molecular weight excluding hydrogens is 575 g/mol. The number of nitrogens with one attached hydrogen (secondary N) is 1. The molecular formula is C32H32BrFN2O4. The van der Waals surface area contributed by atoms with E-state index in [9.17, 15) is 14.0 Å². The number of nitrogens with zero attached hydrogens (tertiary/aromatic N) is 1. The Kier molecular flexibility index (Phi) is 8.88. The van der Waals surface area contributed by atoms with Crippen LogP contribution in [0.25, 0.3) is 22.2 Å². The number of methoxy groups -OCH3 is 1. The molecule has 1 unspecified atom stereocenters. The van der Waals surface area contributed by atoms with Gasteiger partial charge in [0.25, 0.3) is 5.91 Å². The highest BCUT2D eigenvalue weighted by atomic mass is 79.9. The maximum Gasteiger partial charge on any atom is 0.306 e. The van der Waals surface area contributed by atoms with Crippen LogP contribution in [0.2, 0.25) is 0 Å². The highest BCUT2D eigenvalue weighted by Crippen LogP contribution is 2.33. The summed E-state index contributed by atoms with van der Waals surface area (Å²) < 4.78 is 26.1. The van der Waals surface area contributed by atoms with Gasteiger partial charge in [-0.3, -0.25) is 9.59 Å². The van der Waals surface area contributed by atoms with E-state index in [4.69, 9.17) is 14.5 Å². The predicted molar refractivity (Wildman–Crippen MR) is 158 cm³/mol. The van der Waals surface area contributed by atoms with Crippen molar-refractivity contribution in [1.82, 2.24) is 10.3 Å². The molecule has 1 aromatic heterocycles. The molecule has 0 spiro atoms. The fourth-order valence-corrected chi connectivity index (χ4v) is 5.07. The first-order valence-electron chi connectivity index (χ1n) is 13.0. The smallest absolute Gasteiger partial charge is 0.306 e. The van der Waals surface area contributed by atoms with Crippen LogP contribution in [0.15, 0.2) is 71.2 Å². The molecule has 0 radical (unpaired) electrons. The van der Waals surface area contributed by atoms with E-state index in [0.29, 0.717) is 33.5 Å². The number of ether oxygens (including phenoxy) is 2. The van der Waals surface area contributed by atoms with Gasteiger partial charge in [0.1, 0.15) is 17.2 Å². The van der Waals surface area contributed by atoms with Gasteiger partial charge in [-0.05, 0) is 69.7 Å². The molecule has 8 heteroatoms. The normalized spacial score (nSPS) is 12.2. The summed E-state index contributed by atoms with van der Waals surface area (Å²) in [7, 11) is 1.48. The molecule has 0 aliphatic rings. The maximum absolute atomic E-state index is 14.3. The minimum atomic E-state index is -0.689. The van der Waals surface area contributed by atoms with E-state index in [1.54, 1.807) is 20.8 Å². The van der Waals surface area contributed by atoms with Crippen LogP contribution in [0.3, 0.4) is 0 Å². The number of halogens is 2. The van der Waals surface area contributed by atoms with Crippen molar-refractivity contribution in [2.24, 2.45) is 0 Å². The number of aromatic nitrogens is 1. The fraction of sp³-hybridized carbons (Fsp3) is 0.281. The standard InChI is InChI=1S/C32H32BrFN2O4/c1-19-29(25-16-22(33)11-13-26(25)36-30(19)20-9-7-6-8-10-20)31(38)35-18-21(15-28(37)40-32(2,3)4)24-17-23(34)12-14-27(24)39-5/h6-14,16-17,21H,15,18H2,1-5H3,(H,35,38). The van der Waals surface area contributed by atoms with Crippen LogP contribution in [-0.2, 0) is 9.53 Å². The molecule has 0 bridgehead atoms. The Morgan fingerprint density at radius 2 is 1.77 bits per heavy atom. The second kappa shape index (κ2) is 12.2. The lowest BCUT2D eigenvalue weighted by Crippen LogP contribution is -2.32. The van der Waals surface area contributed by atoms with Gasteiger partial charge in [0, 0.05) is 33.4 Å². The Morgan fingerprint density at radius 3 is 2.45 bits per heavy atom. The third kappa shape index (κ3) is 6.86. The molecule has 1 N–H and O–H groups in total. The molecule has 1 heterocycles. The zero-order chi connectivity index (χ0) is 29.0. The number of hydrogen-bond acceptors (Lipinski definition) is 5. The Hall–Kier alpha value is -3.78. The van der Waals surface area contributed by atoms with E-state index in [-0.39, 0.29) is 18.9 Å². The minimum Gasteiger partial charge on any atom is -0.496 e. The summed E-state index contributed by atoms with van der Waals surface area (Å²) >= 11 is 3.51. The number of esters is 1. The van der Waals surface area contributed by atoms with Crippen LogP contribution in [0.5, 0.6) is 5.75 Å². The van der Waals surface area contributed by atoms with E-state index < -0.39 is 23.3 Å². The number of pyridine rings is 1. The molecule has 0 fully saturated rings. The summed E-state index contributed by atoms with van der Waals surface area (Å²) in [5, 5.41) is 3.69. The molecule has 0 saturated heterocycles. The number of rotatable bonds is 8. The van der Waals surface area contributed by atoms with Crippen molar-refractivity contribution in [1.29, 1.82) is 0 Å². The summed E-state index contributed by atoms with van der Waals surface area (Å²) in [6.07, 6.45) is -0.0751. The fourth-order valence-electron chi connectivity index (χ4n) is 4.71. The molecule has 0 saturated carbocycles. The van der Waals surface area contributed by atoms with E-state index in [0.717, 1.165) is 15.6 Å². The van der Waals surface area contributed by atoms with E-state index >= 15 is 0 Å². The van der Waals surface area contributed by atoms with Crippen LogP contribution >= 0.6 is 15.9 Å². The molecule has 1 amide bonds. The molecule has 4 aromatic rings. The number of hydrogen-bond donors (Lipinski definition) is 1.